The maximum Gasteiger partial charge on any atom is 0.490 e. The summed E-state index contributed by atoms with van der Waals surface area (Å²) < 4.78 is 49.4. The molecule has 1 rings (SSSR count). The topological polar surface area (TPSA) is 169 Å². The standard InChI is InChI=1S/C6H12BO11P3/c1-4-2-6(7)16-5(4)3-15-20(11,12)18-21(13,14)17-19(8,9)10/h2,5-6H,3H2,1H3,(H,11,12)(H,13,14)(H2,8,9,10). The Labute approximate surface area is 120 Å². The molecule has 120 valence electrons. The maximum absolute atomic E-state index is 11.4. The van der Waals surface area contributed by atoms with E-state index in [1.54, 1.807) is 6.92 Å². The Hall–Kier alpha value is 0.175. The lowest BCUT2D eigenvalue weighted by Gasteiger charge is -2.18. The van der Waals surface area contributed by atoms with E-state index in [0.29, 0.717) is 5.57 Å². The van der Waals surface area contributed by atoms with Crippen molar-refractivity contribution in [3.63, 3.8) is 0 Å². The van der Waals surface area contributed by atoms with Crippen LogP contribution in [-0.4, -0.2) is 46.1 Å². The second-order valence-electron chi connectivity index (χ2n) is 3.89. The van der Waals surface area contributed by atoms with Crippen molar-refractivity contribution in [2.75, 3.05) is 6.61 Å². The summed E-state index contributed by atoms with van der Waals surface area (Å²) in [6.07, 6.45) is 0.746. The van der Waals surface area contributed by atoms with E-state index in [1.165, 1.54) is 6.08 Å². The first-order chi connectivity index (χ1) is 9.30. The summed E-state index contributed by atoms with van der Waals surface area (Å²) in [6.45, 7) is 1.07. The van der Waals surface area contributed by atoms with Gasteiger partial charge in [-0.15, -0.1) is 0 Å². The van der Waals surface area contributed by atoms with E-state index in [9.17, 15) is 18.6 Å². The summed E-state index contributed by atoms with van der Waals surface area (Å²) in [6, 6.07) is -0.723. The van der Waals surface area contributed by atoms with Gasteiger partial charge in [0.15, 0.2) is 0 Å². The first-order valence-corrected chi connectivity index (χ1v) is 9.69. The molecule has 11 nitrogen and oxygen atoms in total. The number of phosphoric ester groups is 1. The molecule has 0 amide bonds. The lowest BCUT2D eigenvalue weighted by atomic mass is 10.00. The molecule has 4 N–H and O–H groups in total. The van der Waals surface area contributed by atoms with Crippen LogP contribution in [-0.2, 0) is 31.6 Å². The van der Waals surface area contributed by atoms with Crippen LogP contribution in [0.5, 0.6) is 0 Å². The highest BCUT2D eigenvalue weighted by atomic mass is 31.3. The van der Waals surface area contributed by atoms with E-state index in [2.05, 4.69) is 13.1 Å². The van der Waals surface area contributed by atoms with Crippen LogP contribution in [0.25, 0.3) is 0 Å². The third kappa shape index (κ3) is 7.32. The Kier molecular flexibility index (Phi) is 6.17. The van der Waals surface area contributed by atoms with Crippen molar-refractivity contribution >= 4 is 31.3 Å². The molecule has 0 saturated carbocycles. The van der Waals surface area contributed by atoms with E-state index in [-0.39, 0.29) is 0 Å². The molecule has 1 heterocycles. The number of hydrogen-bond acceptors (Lipinski definition) is 7. The van der Waals surface area contributed by atoms with Crippen LogP contribution in [0.2, 0.25) is 0 Å². The van der Waals surface area contributed by atoms with Gasteiger partial charge in [-0.2, -0.15) is 8.62 Å². The molecule has 21 heavy (non-hydrogen) atoms. The molecule has 0 aliphatic carbocycles. The van der Waals surface area contributed by atoms with Gasteiger partial charge in [0.1, 0.15) is 14.0 Å². The van der Waals surface area contributed by atoms with Crippen molar-refractivity contribution in [2.45, 2.75) is 19.0 Å². The number of phosphoric acid groups is 3. The van der Waals surface area contributed by atoms with E-state index in [4.69, 9.17) is 27.3 Å². The highest BCUT2D eigenvalue weighted by Crippen LogP contribution is 2.66. The summed E-state index contributed by atoms with van der Waals surface area (Å²) in [5.74, 6) is 0. The average Bonchev–Trinajstić information content (AvgIpc) is 2.48. The smallest absolute Gasteiger partial charge is 0.374 e. The fraction of sp³-hybridized carbons (Fsp3) is 0.667. The van der Waals surface area contributed by atoms with Crippen LogP contribution in [0.3, 0.4) is 0 Å². The largest absolute Gasteiger partial charge is 0.490 e. The second-order valence-corrected chi connectivity index (χ2v) is 8.31. The predicted octanol–water partition coefficient (Wildman–Crippen LogP) is 0.169. The lowest BCUT2D eigenvalue weighted by molar-refractivity contribution is 0.0489. The van der Waals surface area contributed by atoms with Crippen molar-refractivity contribution in [2.24, 2.45) is 0 Å². The molecule has 1 aliphatic rings. The monoisotopic (exact) mass is 364 g/mol. The van der Waals surface area contributed by atoms with Gasteiger partial charge in [0, 0.05) is 6.00 Å². The Balaban J connectivity index is 2.58. The SMILES string of the molecule is [B]C1C=C(C)C(COP(=O)(O)OP(=O)(O)OP(=O)(O)O)O1. The maximum atomic E-state index is 11.4. The summed E-state index contributed by atoms with van der Waals surface area (Å²) in [5, 5.41) is 0. The molecule has 0 aromatic rings. The quantitative estimate of drug-likeness (QED) is 0.276. The second kappa shape index (κ2) is 6.74. The zero-order chi connectivity index (χ0) is 16.5. The van der Waals surface area contributed by atoms with Gasteiger partial charge >= 0.3 is 23.5 Å². The van der Waals surface area contributed by atoms with Crippen molar-refractivity contribution in [3.8, 4) is 0 Å². The van der Waals surface area contributed by atoms with Crippen LogP contribution < -0.4 is 0 Å². The third-order valence-corrected chi connectivity index (χ3v) is 5.86. The van der Waals surface area contributed by atoms with Crippen molar-refractivity contribution in [3.05, 3.63) is 11.6 Å². The van der Waals surface area contributed by atoms with Crippen molar-refractivity contribution in [1.82, 2.24) is 0 Å². The molecule has 15 heteroatoms. The molecule has 4 atom stereocenters. The van der Waals surface area contributed by atoms with Gasteiger partial charge < -0.3 is 24.3 Å². The molecule has 0 bridgehead atoms. The van der Waals surface area contributed by atoms with Crippen LogP contribution in [0.15, 0.2) is 11.6 Å². The third-order valence-electron chi connectivity index (χ3n) is 2.06. The minimum absolute atomic E-state index is 0.542. The summed E-state index contributed by atoms with van der Waals surface area (Å²) in [7, 11) is -10.6. The minimum atomic E-state index is -5.51. The van der Waals surface area contributed by atoms with Gasteiger partial charge in [-0.3, -0.25) is 4.52 Å². The molecular weight excluding hydrogens is 352 g/mol. The minimum Gasteiger partial charge on any atom is -0.374 e. The van der Waals surface area contributed by atoms with Crippen LogP contribution >= 0.6 is 23.5 Å². The number of rotatable bonds is 7. The first-order valence-electron chi connectivity index (χ1n) is 5.17. The molecule has 2 radical (unpaired) electrons. The molecule has 0 aromatic heterocycles. The van der Waals surface area contributed by atoms with Crippen molar-refractivity contribution in [1.29, 1.82) is 0 Å². The Morgan fingerprint density at radius 2 is 1.76 bits per heavy atom. The average molecular weight is 364 g/mol. The summed E-state index contributed by atoms with van der Waals surface area (Å²) >= 11 is 0. The molecule has 0 aromatic carbocycles. The predicted molar refractivity (Wildman–Crippen MR) is 68.0 cm³/mol. The highest BCUT2D eigenvalue weighted by molar-refractivity contribution is 7.66. The van der Waals surface area contributed by atoms with Gasteiger partial charge in [-0.1, -0.05) is 6.08 Å². The Bertz CT molecular complexity index is 554. The van der Waals surface area contributed by atoms with Gasteiger partial charge in [0.05, 0.1) is 6.61 Å². The van der Waals surface area contributed by atoms with Gasteiger partial charge in [-0.05, 0) is 12.5 Å². The van der Waals surface area contributed by atoms with E-state index >= 15 is 0 Å². The van der Waals surface area contributed by atoms with Crippen LogP contribution in [0.4, 0.5) is 0 Å². The normalized spacial score (nSPS) is 28.7. The van der Waals surface area contributed by atoms with E-state index < -0.39 is 42.2 Å². The Morgan fingerprint density at radius 3 is 2.19 bits per heavy atom. The first kappa shape index (κ1) is 19.2. The van der Waals surface area contributed by atoms with Gasteiger partial charge in [0.25, 0.3) is 0 Å². The van der Waals surface area contributed by atoms with E-state index in [0.717, 1.165) is 0 Å². The molecule has 0 fully saturated rings. The zero-order valence-electron chi connectivity index (χ0n) is 10.5. The van der Waals surface area contributed by atoms with Gasteiger partial charge in [0.2, 0.25) is 0 Å². The van der Waals surface area contributed by atoms with E-state index in [1.807, 2.05) is 0 Å². The molecular formula is C6H12BO11P3. The number of ether oxygens (including phenoxy) is 1. The fourth-order valence-electron chi connectivity index (χ4n) is 1.34. The molecule has 1 aliphatic heterocycles. The zero-order valence-corrected chi connectivity index (χ0v) is 13.2. The summed E-state index contributed by atoms with van der Waals surface area (Å²) in [4.78, 5) is 34.8. The Morgan fingerprint density at radius 1 is 1.19 bits per heavy atom. The molecule has 0 saturated heterocycles. The summed E-state index contributed by atoms with van der Waals surface area (Å²) in [5.41, 5.74) is 0.598. The van der Waals surface area contributed by atoms with Gasteiger partial charge in [-0.25, -0.2) is 13.7 Å². The molecule has 0 spiro atoms. The van der Waals surface area contributed by atoms with Crippen LogP contribution in [0.1, 0.15) is 6.92 Å². The van der Waals surface area contributed by atoms with Crippen LogP contribution in [0, 0.1) is 0 Å². The lowest BCUT2D eigenvalue weighted by Crippen LogP contribution is -2.19. The highest BCUT2D eigenvalue weighted by Gasteiger charge is 2.41. The van der Waals surface area contributed by atoms with Crippen molar-refractivity contribution < 1.29 is 51.2 Å². The molecule has 4 unspecified atom stereocenters. The fourth-order valence-corrected chi connectivity index (χ4v) is 4.36. The number of hydrogen-bond donors (Lipinski definition) is 4.